The number of ether oxygens (including phenoxy) is 1. The number of nitrogens with one attached hydrogen (secondary N) is 1. The maximum atomic E-state index is 12.1. The van der Waals surface area contributed by atoms with Crippen molar-refractivity contribution in [2.24, 2.45) is 5.41 Å². The Labute approximate surface area is 117 Å². The molecule has 112 valence electrons. The van der Waals surface area contributed by atoms with Crippen LogP contribution in [-0.4, -0.2) is 38.7 Å². The largest absolute Gasteiger partial charge is 0.475 e. The van der Waals surface area contributed by atoms with Crippen LogP contribution in [0, 0.1) is 5.41 Å². The molecule has 0 amide bonds. The van der Waals surface area contributed by atoms with Gasteiger partial charge in [-0.15, -0.1) is 0 Å². The van der Waals surface area contributed by atoms with E-state index in [9.17, 15) is 13.2 Å². The van der Waals surface area contributed by atoms with Crippen LogP contribution in [0.25, 0.3) is 0 Å². The van der Waals surface area contributed by atoms with Crippen LogP contribution in [0.3, 0.4) is 0 Å². The van der Waals surface area contributed by atoms with Crippen molar-refractivity contribution in [2.75, 3.05) is 7.11 Å². The highest BCUT2D eigenvalue weighted by atomic mass is 32.2. The van der Waals surface area contributed by atoms with Crippen LogP contribution in [0.5, 0.6) is 0 Å². The smallest absolute Gasteiger partial charge is 0.371 e. The topological polar surface area (TPSA) is 106 Å². The number of carboxylic acids is 1. The molecule has 1 aliphatic rings. The van der Waals surface area contributed by atoms with Crippen LogP contribution in [-0.2, 0) is 14.8 Å². The molecule has 1 aromatic heterocycles. The molecule has 1 aromatic rings. The zero-order valence-electron chi connectivity index (χ0n) is 11.4. The van der Waals surface area contributed by atoms with Crippen molar-refractivity contribution in [3.8, 4) is 0 Å². The van der Waals surface area contributed by atoms with Crippen LogP contribution in [0.1, 0.15) is 30.8 Å². The quantitative estimate of drug-likeness (QED) is 0.842. The van der Waals surface area contributed by atoms with Gasteiger partial charge >= 0.3 is 5.97 Å². The third kappa shape index (κ3) is 2.46. The third-order valence-electron chi connectivity index (χ3n) is 3.82. The zero-order valence-corrected chi connectivity index (χ0v) is 12.2. The van der Waals surface area contributed by atoms with E-state index in [0.717, 1.165) is 12.1 Å². The van der Waals surface area contributed by atoms with Crippen molar-refractivity contribution < 1.29 is 27.5 Å². The van der Waals surface area contributed by atoms with E-state index in [1.165, 1.54) is 0 Å². The Kier molecular flexibility index (Phi) is 3.66. The van der Waals surface area contributed by atoms with Gasteiger partial charge in [-0.3, -0.25) is 0 Å². The van der Waals surface area contributed by atoms with Gasteiger partial charge in [-0.2, -0.15) is 0 Å². The molecule has 20 heavy (non-hydrogen) atoms. The maximum Gasteiger partial charge on any atom is 0.371 e. The number of aromatic carboxylic acids is 1. The van der Waals surface area contributed by atoms with Gasteiger partial charge in [0.1, 0.15) is 0 Å². The van der Waals surface area contributed by atoms with E-state index in [-0.39, 0.29) is 17.6 Å². The second kappa shape index (κ2) is 4.87. The minimum Gasteiger partial charge on any atom is -0.475 e. The van der Waals surface area contributed by atoms with Gasteiger partial charge in [0.25, 0.3) is 10.0 Å². The lowest BCUT2D eigenvalue weighted by atomic mass is 9.65. The van der Waals surface area contributed by atoms with Gasteiger partial charge in [0, 0.05) is 18.6 Å². The second-order valence-corrected chi connectivity index (χ2v) is 7.02. The Hall–Kier alpha value is -1.38. The van der Waals surface area contributed by atoms with E-state index in [1.54, 1.807) is 7.11 Å². The van der Waals surface area contributed by atoms with E-state index in [1.807, 2.05) is 13.8 Å². The average Bonchev–Trinajstić information content (AvgIpc) is 2.84. The SMILES string of the molecule is COC1CC(NS(=O)(=O)c2ccc(C(=O)O)o2)C1(C)C. The standard InChI is InChI=1S/C12H17NO6S/c1-12(2)8(6-9(12)18-3)13-20(16,17)10-5-4-7(19-10)11(14)15/h4-5,8-9,13H,6H2,1-3H3,(H,14,15). The summed E-state index contributed by atoms with van der Waals surface area (Å²) in [4.78, 5) is 10.7. The number of furan rings is 1. The molecule has 0 radical (unpaired) electrons. The normalized spacial score (nSPS) is 25.1. The number of methoxy groups -OCH3 is 1. The summed E-state index contributed by atoms with van der Waals surface area (Å²) >= 11 is 0. The van der Waals surface area contributed by atoms with Gasteiger partial charge in [0.05, 0.1) is 6.10 Å². The first-order chi connectivity index (χ1) is 9.18. The lowest BCUT2D eigenvalue weighted by Crippen LogP contribution is -2.61. The van der Waals surface area contributed by atoms with Crippen molar-refractivity contribution in [3.63, 3.8) is 0 Å². The highest BCUT2D eigenvalue weighted by molar-refractivity contribution is 7.89. The fourth-order valence-electron chi connectivity index (χ4n) is 2.31. The minimum absolute atomic E-state index is 0.0126. The van der Waals surface area contributed by atoms with Gasteiger partial charge in [-0.05, 0) is 18.6 Å². The predicted molar refractivity (Wildman–Crippen MR) is 69.0 cm³/mol. The molecule has 0 saturated heterocycles. The van der Waals surface area contributed by atoms with Crippen molar-refractivity contribution in [3.05, 3.63) is 17.9 Å². The number of rotatable bonds is 5. The molecule has 1 aliphatic carbocycles. The first-order valence-corrected chi connectivity index (χ1v) is 7.55. The number of hydrogen-bond acceptors (Lipinski definition) is 5. The Balaban J connectivity index is 2.14. The molecular formula is C12H17NO6S. The number of sulfonamides is 1. The number of hydrogen-bond donors (Lipinski definition) is 2. The van der Waals surface area contributed by atoms with E-state index >= 15 is 0 Å². The van der Waals surface area contributed by atoms with E-state index in [2.05, 4.69) is 4.72 Å². The van der Waals surface area contributed by atoms with Crippen molar-refractivity contribution in [1.82, 2.24) is 4.72 Å². The monoisotopic (exact) mass is 303 g/mol. The summed E-state index contributed by atoms with van der Waals surface area (Å²) < 4.78 is 36.8. The molecule has 0 spiro atoms. The van der Waals surface area contributed by atoms with Gasteiger partial charge in [0.2, 0.25) is 10.9 Å². The molecule has 2 rings (SSSR count). The minimum atomic E-state index is -3.87. The van der Waals surface area contributed by atoms with Gasteiger partial charge in [0.15, 0.2) is 0 Å². The van der Waals surface area contributed by atoms with Gasteiger partial charge in [-0.1, -0.05) is 13.8 Å². The fraction of sp³-hybridized carbons (Fsp3) is 0.583. The molecule has 2 atom stereocenters. The predicted octanol–water partition coefficient (Wildman–Crippen LogP) is 1.07. The molecule has 0 bridgehead atoms. The van der Waals surface area contributed by atoms with Crippen molar-refractivity contribution >= 4 is 16.0 Å². The lowest BCUT2D eigenvalue weighted by molar-refractivity contribution is -0.0909. The third-order valence-corrected chi connectivity index (χ3v) is 5.16. The maximum absolute atomic E-state index is 12.1. The summed E-state index contributed by atoms with van der Waals surface area (Å²) in [7, 11) is -2.29. The molecule has 0 aliphatic heterocycles. The van der Waals surface area contributed by atoms with Crippen LogP contribution < -0.4 is 4.72 Å². The van der Waals surface area contributed by atoms with Gasteiger partial charge < -0.3 is 14.3 Å². The van der Waals surface area contributed by atoms with Gasteiger partial charge in [-0.25, -0.2) is 17.9 Å². The average molecular weight is 303 g/mol. The molecule has 7 nitrogen and oxygen atoms in total. The molecule has 2 N–H and O–H groups in total. The molecule has 2 unspecified atom stereocenters. The summed E-state index contributed by atoms with van der Waals surface area (Å²) in [5.74, 6) is -1.72. The van der Waals surface area contributed by atoms with Crippen molar-refractivity contribution in [1.29, 1.82) is 0 Å². The highest BCUT2D eigenvalue weighted by Crippen LogP contribution is 2.43. The van der Waals surface area contributed by atoms with E-state index in [4.69, 9.17) is 14.3 Å². The summed E-state index contributed by atoms with van der Waals surface area (Å²) in [6.07, 6.45) is 0.552. The highest BCUT2D eigenvalue weighted by Gasteiger charge is 2.50. The first-order valence-electron chi connectivity index (χ1n) is 6.06. The Morgan fingerprint density at radius 3 is 2.60 bits per heavy atom. The number of carbonyl (C=O) groups is 1. The van der Waals surface area contributed by atoms with Crippen LogP contribution in [0.15, 0.2) is 21.6 Å². The van der Waals surface area contributed by atoms with E-state index < -0.39 is 26.8 Å². The van der Waals surface area contributed by atoms with E-state index in [0.29, 0.717) is 6.42 Å². The van der Waals surface area contributed by atoms with Crippen LogP contribution in [0.4, 0.5) is 0 Å². The molecule has 1 saturated carbocycles. The molecule has 1 heterocycles. The second-order valence-electron chi connectivity index (χ2n) is 5.38. The fourth-order valence-corrected chi connectivity index (χ4v) is 3.65. The lowest BCUT2D eigenvalue weighted by Gasteiger charge is -2.50. The Morgan fingerprint density at radius 1 is 1.50 bits per heavy atom. The Bertz CT molecular complexity index is 618. The Morgan fingerprint density at radius 2 is 2.15 bits per heavy atom. The summed E-state index contributed by atoms with van der Waals surface area (Å²) in [6, 6.07) is 1.96. The summed E-state index contributed by atoms with van der Waals surface area (Å²) in [5.41, 5.74) is -0.329. The number of carboxylic acid groups (broad SMARTS) is 1. The van der Waals surface area contributed by atoms with Crippen LogP contribution in [0.2, 0.25) is 0 Å². The summed E-state index contributed by atoms with van der Waals surface area (Å²) in [5, 5.41) is 8.33. The zero-order chi connectivity index (χ0) is 15.1. The molecular weight excluding hydrogens is 286 g/mol. The molecule has 0 aromatic carbocycles. The molecule has 1 fully saturated rings. The van der Waals surface area contributed by atoms with Crippen LogP contribution >= 0.6 is 0 Å². The first kappa shape index (κ1) is 15.0. The molecule has 8 heteroatoms. The van der Waals surface area contributed by atoms with Crippen molar-refractivity contribution in [2.45, 2.75) is 37.5 Å². The summed E-state index contributed by atoms with van der Waals surface area (Å²) in [6.45, 7) is 3.81.